The highest BCUT2D eigenvalue weighted by Crippen LogP contribution is 2.46. The van der Waals surface area contributed by atoms with Crippen LogP contribution in [-0.4, -0.2) is 53.4 Å². The van der Waals surface area contributed by atoms with Gasteiger partial charge in [0, 0.05) is 35.8 Å². The van der Waals surface area contributed by atoms with E-state index in [1.165, 1.54) is 7.05 Å². The molecule has 2 saturated heterocycles. The molecule has 9 nitrogen and oxygen atoms in total. The van der Waals surface area contributed by atoms with Crippen LogP contribution in [0.3, 0.4) is 0 Å². The number of nitrogens with zero attached hydrogens (tertiary/aromatic N) is 2. The summed E-state index contributed by atoms with van der Waals surface area (Å²) in [5, 5.41) is 5.80. The summed E-state index contributed by atoms with van der Waals surface area (Å²) in [4.78, 5) is 54.2. The fourth-order valence-electron chi connectivity index (χ4n) is 5.56. The topological polar surface area (TPSA) is 108 Å². The van der Waals surface area contributed by atoms with Crippen molar-refractivity contribution in [3.05, 3.63) is 64.2 Å². The molecule has 2 aromatic rings. The molecule has 3 aliphatic rings. The van der Waals surface area contributed by atoms with Crippen LogP contribution < -0.4 is 10.6 Å². The third kappa shape index (κ3) is 3.97. The van der Waals surface area contributed by atoms with E-state index in [2.05, 4.69) is 10.6 Å². The maximum atomic E-state index is 13.5. The summed E-state index contributed by atoms with van der Waals surface area (Å²) in [5.74, 6) is -0.827. The van der Waals surface area contributed by atoms with Crippen molar-refractivity contribution < 1.29 is 23.9 Å². The van der Waals surface area contributed by atoms with Crippen LogP contribution in [-0.2, 0) is 26.3 Å². The first-order valence-electron chi connectivity index (χ1n) is 12.0. The molecule has 188 valence electrons. The number of halogens is 1. The Morgan fingerprint density at radius 1 is 1.14 bits per heavy atom. The molecule has 1 spiro atoms. The Labute approximate surface area is 213 Å². The maximum absolute atomic E-state index is 13.5. The number of nitrogens with one attached hydrogen (secondary N) is 2. The van der Waals surface area contributed by atoms with Crippen LogP contribution >= 0.6 is 11.6 Å². The quantitative estimate of drug-likeness (QED) is 0.647. The Bertz CT molecular complexity index is 1250. The van der Waals surface area contributed by atoms with Gasteiger partial charge < -0.3 is 20.3 Å². The number of fused-ring (bicyclic) bond motifs is 2. The molecule has 2 heterocycles. The van der Waals surface area contributed by atoms with E-state index in [9.17, 15) is 19.2 Å². The van der Waals surface area contributed by atoms with E-state index in [4.69, 9.17) is 16.3 Å². The summed E-state index contributed by atoms with van der Waals surface area (Å²) >= 11 is 6.03. The number of anilines is 1. The number of hydrogen-bond acceptors (Lipinski definition) is 5. The van der Waals surface area contributed by atoms with E-state index in [1.807, 2.05) is 19.1 Å². The highest BCUT2D eigenvalue weighted by atomic mass is 35.5. The first-order chi connectivity index (χ1) is 17.2. The minimum absolute atomic E-state index is 0.0284. The predicted molar refractivity (Wildman–Crippen MR) is 132 cm³/mol. The zero-order chi connectivity index (χ0) is 25.6. The van der Waals surface area contributed by atoms with Gasteiger partial charge in [0.05, 0.1) is 6.04 Å². The number of ether oxygens (including phenoxy) is 1. The van der Waals surface area contributed by atoms with Gasteiger partial charge in [0.1, 0.15) is 6.54 Å². The molecule has 10 heteroatoms. The van der Waals surface area contributed by atoms with Gasteiger partial charge in [-0.2, -0.15) is 0 Å². The average molecular weight is 511 g/mol. The highest BCUT2D eigenvalue weighted by Gasteiger charge is 2.58. The van der Waals surface area contributed by atoms with Crippen LogP contribution in [0.5, 0.6) is 0 Å². The van der Waals surface area contributed by atoms with Gasteiger partial charge in [0.25, 0.3) is 5.91 Å². The third-order valence-electron chi connectivity index (χ3n) is 7.35. The average Bonchev–Trinajstić information content (AvgIpc) is 3.49. The summed E-state index contributed by atoms with van der Waals surface area (Å²) < 4.78 is 5.67. The lowest BCUT2D eigenvalue weighted by atomic mass is 9.94. The van der Waals surface area contributed by atoms with Crippen LogP contribution in [0, 0.1) is 0 Å². The maximum Gasteiger partial charge on any atom is 0.418 e. The number of carbonyl (C=O) groups is 4. The molecule has 0 aromatic heterocycles. The molecule has 0 bridgehead atoms. The van der Waals surface area contributed by atoms with Crippen molar-refractivity contribution >= 4 is 41.2 Å². The summed E-state index contributed by atoms with van der Waals surface area (Å²) in [6, 6.07) is 12.0. The van der Waals surface area contributed by atoms with Crippen LogP contribution in [0.2, 0.25) is 5.02 Å². The normalized spacial score (nSPS) is 24.8. The molecule has 2 aliphatic heterocycles. The Morgan fingerprint density at radius 2 is 1.89 bits per heavy atom. The Morgan fingerprint density at radius 3 is 2.61 bits per heavy atom. The van der Waals surface area contributed by atoms with Crippen molar-refractivity contribution in [1.29, 1.82) is 0 Å². The molecule has 2 aromatic carbocycles. The summed E-state index contributed by atoms with van der Waals surface area (Å²) in [6.45, 7) is 1.59. The van der Waals surface area contributed by atoms with Gasteiger partial charge >= 0.3 is 12.1 Å². The third-order valence-corrected chi connectivity index (χ3v) is 7.60. The number of hydrogen-bond donors (Lipinski definition) is 2. The standard InChI is InChI=1S/C26H27ClN4O5/c1-15-3-10-21(16-4-6-18(27)7-5-16)31(15)22(32)14-30-23(33)26(36-25(30)35)12-11-17-13-19(8-9-20(17)26)29-24(34)28-2/h4-9,13,15,21H,3,10-12,14H2,1-2H3,(H2,28,29,34)/t15-,21+,26?/m1/s1. The molecule has 36 heavy (non-hydrogen) atoms. The molecule has 1 aliphatic carbocycles. The van der Waals surface area contributed by atoms with Crippen molar-refractivity contribution in [2.75, 3.05) is 18.9 Å². The number of amides is 5. The zero-order valence-electron chi connectivity index (χ0n) is 20.0. The van der Waals surface area contributed by atoms with Crippen LogP contribution in [0.4, 0.5) is 15.3 Å². The van der Waals surface area contributed by atoms with Crippen LogP contribution in [0.1, 0.15) is 48.9 Å². The number of likely N-dealkylation sites (tertiary alicyclic amines) is 1. The van der Waals surface area contributed by atoms with Crippen LogP contribution in [0.15, 0.2) is 42.5 Å². The van der Waals surface area contributed by atoms with Gasteiger partial charge in [-0.3, -0.25) is 9.59 Å². The molecule has 1 unspecified atom stereocenters. The SMILES string of the molecule is CNC(=O)Nc1ccc2c(c1)CCC21OC(=O)N(CC(=O)N2[C@H](C)CC[C@H]2c2ccc(Cl)cc2)C1=O. The first-order valence-corrected chi connectivity index (χ1v) is 12.3. The van der Waals surface area contributed by atoms with Gasteiger partial charge in [-0.15, -0.1) is 0 Å². The van der Waals surface area contributed by atoms with E-state index < -0.39 is 17.6 Å². The molecule has 0 radical (unpaired) electrons. The molecule has 2 fully saturated rings. The minimum Gasteiger partial charge on any atom is -0.427 e. The number of carbonyl (C=O) groups excluding carboxylic acids is 4. The second-order valence-corrected chi connectivity index (χ2v) is 9.89. The van der Waals surface area contributed by atoms with E-state index in [-0.39, 0.29) is 37.0 Å². The fraction of sp³-hybridized carbons (Fsp3) is 0.385. The number of benzene rings is 2. The predicted octanol–water partition coefficient (Wildman–Crippen LogP) is 3.96. The Kier molecular flexibility index (Phi) is 6.12. The van der Waals surface area contributed by atoms with Crippen molar-refractivity contribution in [1.82, 2.24) is 15.1 Å². The largest absolute Gasteiger partial charge is 0.427 e. The number of rotatable bonds is 4. The lowest BCUT2D eigenvalue weighted by molar-refractivity contribution is -0.143. The first kappa shape index (κ1) is 24.1. The van der Waals surface area contributed by atoms with Gasteiger partial charge in [-0.1, -0.05) is 29.8 Å². The smallest absolute Gasteiger partial charge is 0.418 e. The monoisotopic (exact) mass is 510 g/mol. The molecule has 2 N–H and O–H groups in total. The summed E-state index contributed by atoms with van der Waals surface area (Å²) in [5.41, 5.74) is 1.51. The number of urea groups is 1. The summed E-state index contributed by atoms with van der Waals surface area (Å²) in [7, 11) is 1.52. The molecule has 5 amide bonds. The number of aryl methyl sites for hydroxylation is 1. The van der Waals surface area contributed by atoms with E-state index in [1.54, 1.807) is 35.2 Å². The zero-order valence-corrected chi connectivity index (χ0v) is 20.8. The van der Waals surface area contributed by atoms with Gasteiger partial charge in [-0.25, -0.2) is 14.5 Å². The molecule has 5 rings (SSSR count). The molecule has 0 saturated carbocycles. The van der Waals surface area contributed by atoms with E-state index >= 15 is 0 Å². The second kappa shape index (κ2) is 9.13. The van der Waals surface area contributed by atoms with Crippen molar-refractivity contribution in [3.63, 3.8) is 0 Å². The Hall–Kier alpha value is -3.59. The molecular formula is C26H27ClN4O5. The van der Waals surface area contributed by atoms with Crippen LogP contribution in [0.25, 0.3) is 0 Å². The van der Waals surface area contributed by atoms with Gasteiger partial charge in [-0.05, 0) is 61.6 Å². The molecule has 3 atom stereocenters. The van der Waals surface area contributed by atoms with Gasteiger partial charge in [0.15, 0.2) is 0 Å². The minimum atomic E-state index is -1.44. The summed E-state index contributed by atoms with van der Waals surface area (Å²) in [6.07, 6.45) is 1.58. The second-order valence-electron chi connectivity index (χ2n) is 9.46. The van der Waals surface area contributed by atoms with Crippen molar-refractivity contribution in [3.8, 4) is 0 Å². The van der Waals surface area contributed by atoms with Crippen molar-refractivity contribution in [2.45, 2.75) is 50.3 Å². The fourth-order valence-corrected chi connectivity index (χ4v) is 5.68. The molecular weight excluding hydrogens is 484 g/mol. The highest BCUT2D eigenvalue weighted by molar-refractivity contribution is 6.30. The number of imide groups is 1. The lowest BCUT2D eigenvalue weighted by Gasteiger charge is -2.30. The van der Waals surface area contributed by atoms with E-state index in [0.29, 0.717) is 22.7 Å². The van der Waals surface area contributed by atoms with Crippen molar-refractivity contribution in [2.24, 2.45) is 0 Å². The Balaban J connectivity index is 1.35. The van der Waals surface area contributed by atoms with E-state index in [0.717, 1.165) is 28.9 Å². The van der Waals surface area contributed by atoms with Gasteiger partial charge in [0.2, 0.25) is 11.5 Å². The lowest BCUT2D eigenvalue weighted by Crippen LogP contribution is -2.46.